The van der Waals surface area contributed by atoms with Gasteiger partial charge < -0.3 is 10.2 Å². The summed E-state index contributed by atoms with van der Waals surface area (Å²) >= 11 is 6.04. The van der Waals surface area contributed by atoms with Crippen LogP contribution in [0.5, 0.6) is 0 Å². The molecule has 0 bridgehead atoms. The molecule has 2 amide bonds. The number of rotatable bonds is 10. The van der Waals surface area contributed by atoms with Crippen molar-refractivity contribution >= 4 is 23.4 Å². The maximum atomic E-state index is 13.3. The fourth-order valence-electron chi connectivity index (χ4n) is 3.14. The molecule has 6 heteroatoms. The number of nitrogens with one attached hydrogen (secondary N) is 1. The first-order valence-corrected chi connectivity index (χ1v) is 10.4. The van der Waals surface area contributed by atoms with E-state index in [1.165, 1.54) is 12.1 Å². The van der Waals surface area contributed by atoms with Crippen molar-refractivity contribution < 1.29 is 14.0 Å². The Morgan fingerprint density at radius 3 is 2.45 bits per heavy atom. The summed E-state index contributed by atoms with van der Waals surface area (Å²) in [7, 11) is 0. The Bertz CT molecular complexity index is 811. The SMILES string of the molecule is CCCCNC(=O)[C@@H](CC)N(Cc1ccc(F)cc1)C(=O)Cc1cccc(Cl)c1. The molecule has 0 aliphatic carbocycles. The molecule has 156 valence electrons. The van der Waals surface area contributed by atoms with E-state index in [9.17, 15) is 14.0 Å². The van der Waals surface area contributed by atoms with Crippen molar-refractivity contribution in [3.05, 3.63) is 70.5 Å². The van der Waals surface area contributed by atoms with Crippen LogP contribution in [0, 0.1) is 5.82 Å². The van der Waals surface area contributed by atoms with Gasteiger partial charge in [-0.1, -0.05) is 56.1 Å². The van der Waals surface area contributed by atoms with Crippen LogP contribution in [0.2, 0.25) is 5.02 Å². The molecule has 0 radical (unpaired) electrons. The molecule has 0 unspecified atom stereocenters. The van der Waals surface area contributed by atoms with E-state index in [0.29, 0.717) is 18.0 Å². The Morgan fingerprint density at radius 2 is 1.83 bits per heavy atom. The molecule has 1 N–H and O–H groups in total. The van der Waals surface area contributed by atoms with Crippen molar-refractivity contribution in [2.45, 2.75) is 52.1 Å². The highest BCUT2D eigenvalue weighted by Gasteiger charge is 2.28. The number of carbonyl (C=O) groups is 2. The van der Waals surface area contributed by atoms with E-state index in [4.69, 9.17) is 11.6 Å². The second kappa shape index (κ2) is 11.6. The molecular weight excluding hydrogens is 391 g/mol. The van der Waals surface area contributed by atoms with E-state index in [-0.39, 0.29) is 30.6 Å². The van der Waals surface area contributed by atoms with Crippen LogP contribution in [0.4, 0.5) is 4.39 Å². The Kier molecular flexibility index (Phi) is 9.13. The third kappa shape index (κ3) is 7.17. The number of hydrogen-bond donors (Lipinski definition) is 1. The number of amides is 2. The number of carbonyl (C=O) groups excluding carboxylic acids is 2. The van der Waals surface area contributed by atoms with Gasteiger partial charge in [-0.15, -0.1) is 0 Å². The van der Waals surface area contributed by atoms with Crippen LogP contribution in [0.15, 0.2) is 48.5 Å². The van der Waals surface area contributed by atoms with Gasteiger partial charge in [-0.25, -0.2) is 4.39 Å². The summed E-state index contributed by atoms with van der Waals surface area (Å²) in [5.41, 5.74) is 1.55. The van der Waals surface area contributed by atoms with E-state index < -0.39 is 6.04 Å². The molecule has 2 aromatic carbocycles. The molecule has 29 heavy (non-hydrogen) atoms. The highest BCUT2D eigenvalue weighted by molar-refractivity contribution is 6.30. The van der Waals surface area contributed by atoms with Crippen LogP contribution in [0.25, 0.3) is 0 Å². The van der Waals surface area contributed by atoms with E-state index in [2.05, 4.69) is 12.2 Å². The van der Waals surface area contributed by atoms with E-state index >= 15 is 0 Å². The van der Waals surface area contributed by atoms with Gasteiger partial charge in [0.2, 0.25) is 11.8 Å². The van der Waals surface area contributed by atoms with Gasteiger partial charge in [0.1, 0.15) is 11.9 Å². The minimum absolute atomic E-state index is 0.139. The average Bonchev–Trinajstić information content (AvgIpc) is 2.69. The molecule has 0 heterocycles. The van der Waals surface area contributed by atoms with Crippen molar-refractivity contribution in [2.24, 2.45) is 0 Å². The van der Waals surface area contributed by atoms with Gasteiger partial charge in [-0.2, -0.15) is 0 Å². The Labute approximate surface area is 177 Å². The van der Waals surface area contributed by atoms with E-state index in [0.717, 1.165) is 24.0 Å². The quantitative estimate of drug-likeness (QED) is 0.566. The molecule has 0 aliphatic rings. The number of benzene rings is 2. The zero-order valence-corrected chi connectivity index (χ0v) is 17.7. The van der Waals surface area contributed by atoms with E-state index in [1.54, 1.807) is 35.2 Å². The third-order valence-corrected chi connectivity index (χ3v) is 4.96. The summed E-state index contributed by atoms with van der Waals surface area (Å²) in [6.45, 7) is 4.76. The second-order valence-corrected chi connectivity index (χ2v) is 7.46. The first-order valence-electron chi connectivity index (χ1n) is 10.0. The Balaban J connectivity index is 2.23. The molecule has 0 spiro atoms. The Hall–Kier alpha value is -2.40. The van der Waals surface area contributed by atoms with Crippen LogP contribution >= 0.6 is 11.6 Å². The number of unbranched alkanes of at least 4 members (excludes halogenated alkanes) is 1. The van der Waals surface area contributed by atoms with Gasteiger partial charge in [-0.05, 0) is 48.2 Å². The standard InChI is InChI=1S/C23H28ClFN2O2/c1-3-5-13-26-23(29)21(4-2)27(16-17-9-11-20(25)12-10-17)22(28)15-18-7-6-8-19(24)14-18/h6-12,14,21H,3-5,13,15-16H2,1-2H3,(H,26,29)/t21-/m1/s1. The van der Waals surface area contributed by atoms with Crippen molar-refractivity contribution in [3.63, 3.8) is 0 Å². The number of halogens is 2. The fraction of sp³-hybridized carbons (Fsp3) is 0.391. The zero-order chi connectivity index (χ0) is 21.2. The van der Waals surface area contributed by atoms with Crippen LogP contribution in [-0.4, -0.2) is 29.3 Å². The minimum Gasteiger partial charge on any atom is -0.354 e. The molecule has 4 nitrogen and oxygen atoms in total. The van der Waals surface area contributed by atoms with Gasteiger partial charge >= 0.3 is 0 Å². The lowest BCUT2D eigenvalue weighted by Crippen LogP contribution is -2.49. The maximum absolute atomic E-state index is 13.3. The third-order valence-electron chi connectivity index (χ3n) is 4.73. The molecule has 0 saturated heterocycles. The summed E-state index contributed by atoms with van der Waals surface area (Å²) < 4.78 is 13.3. The van der Waals surface area contributed by atoms with Gasteiger partial charge in [0, 0.05) is 18.1 Å². The van der Waals surface area contributed by atoms with Crippen molar-refractivity contribution in [3.8, 4) is 0 Å². The molecule has 0 aromatic heterocycles. The second-order valence-electron chi connectivity index (χ2n) is 7.02. The Morgan fingerprint density at radius 1 is 1.10 bits per heavy atom. The first-order chi connectivity index (χ1) is 13.9. The van der Waals surface area contributed by atoms with E-state index in [1.807, 2.05) is 13.0 Å². The molecule has 0 aliphatic heterocycles. The molecule has 0 saturated carbocycles. The summed E-state index contributed by atoms with van der Waals surface area (Å²) in [5.74, 6) is -0.675. The summed E-state index contributed by atoms with van der Waals surface area (Å²) in [6, 6.07) is 12.5. The molecule has 2 rings (SSSR count). The largest absolute Gasteiger partial charge is 0.354 e. The predicted molar refractivity (Wildman–Crippen MR) is 114 cm³/mol. The average molecular weight is 419 g/mol. The van der Waals surface area contributed by atoms with Crippen molar-refractivity contribution in [1.29, 1.82) is 0 Å². The highest BCUT2D eigenvalue weighted by Crippen LogP contribution is 2.17. The predicted octanol–water partition coefficient (Wildman–Crippen LogP) is 4.75. The number of nitrogens with zero attached hydrogens (tertiary/aromatic N) is 1. The number of hydrogen-bond acceptors (Lipinski definition) is 2. The van der Waals surface area contributed by atoms with Gasteiger partial charge in [0.05, 0.1) is 6.42 Å². The lowest BCUT2D eigenvalue weighted by atomic mass is 10.1. The lowest BCUT2D eigenvalue weighted by molar-refractivity contribution is -0.140. The fourth-order valence-corrected chi connectivity index (χ4v) is 3.35. The van der Waals surface area contributed by atoms with Crippen LogP contribution in [-0.2, 0) is 22.6 Å². The highest BCUT2D eigenvalue weighted by atomic mass is 35.5. The monoisotopic (exact) mass is 418 g/mol. The zero-order valence-electron chi connectivity index (χ0n) is 17.0. The first kappa shape index (κ1) is 22.9. The van der Waals surface area contributed by atoms with Crippen molar-refractivity contribution in [1.82, 2.24) is 10.2 Å². The summed E-state index contributed by atoms with van der Waals surface area (Å²) in [5, 5.41) is 3.48. The smallest absolute Gasteiger partial charge is 0.242 e. The molecule has 0 fully saturated rings. The van der Waals surface area contributed by atoms with Gasteiger partial charge in [0.25, 0.3) is 0 Å². The topological polar surface area (TPSA) is 49.4 Å². The van der Waals surface area contributed by atoms with Crippen LogP contribution in [0.3, 0.4) is 0 Å². The molecule has 2 aromatic rings. The van der Waals surface area contributed by atoms with Crippen LogP contribution in [0.1, 0.15) is 44.2 Å². The molecule has 1 atom stereocenters. The van der Waals surface area contributed by atoms with Crippen molar-refractivity contribution in [2.75, 3.05) is 6.54 Å². The van der Waals surface area contributed by atoms with Gasteiger partial charge in [0.15, 0.2) is 0 Å². The summed E-state index contributed by atoms with van der Waals surface area (Å²) in [6.07, 6.45) is 2.49. The van der Waals surface area contributed by atoms with Gasteiger partial charge in [-0.3, -0.25) is 9.59 Å². The minimum atomic E-state index is -0.594. The molecular formula is C23H28ClFN2O2. The summed E-state index contributed by atoms with van der Waals surface area (Å²) in [4.78, 5) is 27.5. The van der Waals surface area contributed by atoms with Crippen LogP contribution < -0.4 is 5.32 Å². The normalized spacial score (nSPS) is 11.7. The maximum Gasteiger partial charge on any atom is 0.242 e. The lowest BCUT2D eigenvalue weighted by Gasteiger charge is -2.31.